The molecule has 2 heterocycles. The lowest BCUT2D eigenvalue weighted by Crippen LogP contribution is -2.16. The number of anilines is 1. The van der Waals surface area contributed by atoms with Crippen molar-refractivity contribution in [3.8, 4) is 11.1 Å². The molecule has 2 N–H and O–H groups in total. The van der Waals surface area contributed by atoms with Crippen molar-refractivity contribution in [1.29, 1.82) is 0 Å². The third kappa shape index (κ3) is 3.68. The van der Waals surface area contributed by atoms with Crippen molar-refractivity contribution < 1.29 is 9.18 Å². The zero-order valence-corrected chi connectivity index (χ0v) is 13.2. The number of carbonyl (C=O) groups is 1. The van der Waals surface area contributed by atoms with Gasteiger partial charge < -0.3 is 5.32 Å². The molecule has 1 aromatic heterocycles. The molecular formula is C17H17ClFN3O. The standard InChI is InChI=1S/C17H17ClFN3O/c18-22-15-3-1-2-4-17(23)21-14-6-5-12(19)10-13(14)11-7-8-20-16(15)9-11/h5-10,15,22H,1-4H2,(H,21,23)/t15-/m0/s1. The van der Waals surface area contributed by atoms with Gasteiger partial charge in [-0.15, -0.1) is 0 Å². The van der Waals surface area contributed by atoms with Crippen molar-refractivity contribution in [1.82, 2.24) is 9.82 Å². The summed E-state index contributed by atoms with van der Waals surface area (Å²) < 4.78 is 13.7. The molecule has 1 amide bonds. The first kappa shape index (κ1) is 15.9. The maximum Gasteiger partial charge on any atom is 0.224 e. The molecule has 0 fully saturated rings. The Labute approximate surface area is 139 Å². The first-order chi connectivity index (χ1) is 11.2. The van der Waals surface area contributed by atoms with Gasteiger partial charge >= 0.3 is 0 Å². The lowest BCUT2D eigenvalue weighted by molar-refractivity contribution is -0.116. The van der Waals surface area contributed by atoms with E-state index in [-0.39, 0.29) is 17.8 Å². The molecule has 3 rings (SSSR count). The van der Waals surface area contributed by atoms with Gasteiger partial charge in [-0.2, -0.15) is 0 Å². The molecule has 0 saturated carbocycles. The van der Waals surface area contributed by atoms with Gasteiger partial charge in [0.1, 0.15) is 5.82 Å². The van der Waals surface area contributed by atoms with E-state index in [2.05, 4.69) is 15.1 Å². The number of benzene rings is 1. The molecule has 4 nitrogen and oxygen atoms in total. The average Bonchev–Trinajstić information content (AvgIpc) is 2.56. The van der Waals surface area contributed by atoms with E-state index in [1.54, 1.807) is 18.3 Å². The highest BCUT2D eigenvalue weighted by atomic mass is 35.5. The maximum atomic E-state index is 13.7. The first-order valence-corrected chi connectivity index (χ1v) is 7.97. The van der Waals surface area contributed by atoms with Crippen LogP contribution in [0.25, 0.3) is 11.1 Å². The number of rotatable bonds is 1. The summed E-state index contributed by atoms with van der Waals surface area (Å²) in [5.74, 6) is -0.418. The predicted octanol–water partition coefficient (Wildman–Crippen LogP) is 4.18. The van der Waals surface area contributed by atoms with Crippen molar-refractivity contribution in [3.05, 3.63) is 48.0 Å². The third-order valence-corrected chi connectivity index (χ3v) is 4.25. The highest BCUT2D eigenvalue weighted by molar-refractivity contribution is 6.13. The predicted molar refractivity (Wildman–Crippen MR) is 88.5 cm³/mol. The zero-order valence-electron chi connectivity index (χ0n) is 12.5. The molecule has 0 unspecified atom stereocenters. The lowest BCUT2D eigenvalue weighted by atomic mass is 9.99. The van der Waals surface area contributed by atoms with Gasteiger partial charge in [-0.25, -0.2) is 9.23 Å². The SMILES string of the molecule is O=C1CCCC[C@H](NCl)c2cc(ccn2)-c2cc(F)ccc2N1. The van der Waals surface area contributed by atoms with Gasteiger partial charge in [-0.05, 0) is 60.5 Å². The number of halogens is 2. The Kier molecular flexibility index (Phi) is 4.88. The van der Waals surface area contributed by atoms with E-state index >= 15 is 0 Å². The van der Waals surface area contributed by atoms with Gasteiger partial charge in [-0.3, -0.25) is 9.78 Å². The molecule has 2 aromatic rings. The molecule has 2 bridgehead atoms. The number of nitrogens with zero attached hydrogens (tertiary/aromatic N) is 1. The molecule has 0 spiro atoms. The van der Waals surface area contributed by atoms with E-state index in [1.807, 2.05) is 6.07 Å². The fourth-order valence-electron chi connectivity index (χ4n) is 2.78. The summed E-state index contributed by atoms with van der Waals surface area (Å²) in [6.07, 6.45) is 4.50. The fraction of sp³-hybridized carbons (Fsp3) is 0.294. The van der Waals surface area contributed by atoms with Crippen LogP contribution in [0.1, 0.15) is 37.4 Å². The second kappa shape index (κ2) is 7.06. The quantitative estimate of drug-likeness (QED) is 0.770. The van der Waals surface area contributed by atoms with Crippen LogP contribution in [0.4, 0.5) is 10.1 Å². The van der Waals surface area contributed by atoms with E-state index in [0.29, 0.717) is 17.7 Å². The molecular weight excluding hydrogens is 317 g/mol. The number of nitrogens with one attached hydrogen (secondary N) is 2. The minimum absolute atomic E-state index is 0.0666. The van der Waals surface area contributed by atoms with E-state index in [9.17, 15) is 9.18 Å². The van der Waals surface area contributed by atoms with Crippen molar-refractivity contribution >= 4 is 23.4 Å². The summed E-state index contributed by atoms with van der Waals surface area (Å²) in [4.78, 5) is 19.2. The molecule has 0 saturated heterocycles. The summed E-state index contributed by atoms with van der Waals surface area (Å²) in [5, 5.41) is 2.87. The Bertz CT molecular complexity index is 723. The largest absolute Gasteiger partial charge is 0.326 e. The summed E-state index contributed by atoms with van der Waals surface area (Å²) >= 11 is 5.85. The van der Waals surface area contributed by atoms with Crippen molar-refractivity contribution in [2.24, 2.45) is 0 Å². The van der Waals surface area contributed by atoms with Gasteiger partial charge in [-0.1, -0.05) is 6.42 Å². The minimum Gasteiger partial charge on any atom is -0.326 e. The Hall–Kier alpha value is -1.98. The molecule has 23 heavy (non-hydrogen) atoms. The highest BCUT2D eigenvalue weighted by Gasteiger charge is 2.16. The molecule has 6 heteroatoms. The summed E-state index contributed by atoms with van der Waals surface area (Å²) in [6.45, 7) is 0. The van der Waals surface area contributed by atoms with Gasteiger partial charge in [0.05, 0.1) is 11.7 Å². The topological polar surface area (TPSA) is 54.0 Å². The fourth-order valence-corrected chi connectivity index (χ4v) is 3.00. The van der Waals surface area contributed by atoms with Crippen LogP contribution in [0.3, 0.4) is 0 Å². The van der Waals surface area contributed by atoms with Crippen LogP contribution >= 0.6 is 11.8 Å². The molecule has 0 aliphatic carbocycles. The van der Waals surface area contributed by atoms with Crippen LogP contribution < -0.4 is 10.2 Å². The summed E-state index contributed by atoms with van der Waals surface area (Å²) in [6, 6.07) is 7.93. The zero-order chi connectivity index (χ0) is 16.2. The number of pyridine rings is 1. The smallest absolute Gasteiger partial charge is 0.224 e. The van der Waals surface area contributed by atoms with Crippen LogP contribution in [0.5, 0.6) is 0 Å². The van der Waals surface area contributed by atoms with Crippen LogP contribution in [0.2, 0.25) is 0 Å². The first-order valence-electron chi connectivity index (χ1n) is 7.59. The number of amides is 1. The number of aromatic nitrogens is 1. The van der Waals surface area contributed by atoms with Crippen LogP contribution in [0, 0.1) is 5.82 Å². The van der Waals surface area contributed by atoms with Crippen LogP contribution in [-0.2, 0) is 4.79 Å². The molecule has 0 radical (unpaired) electrons. The number of hydrogen-bond donors (Lipinski definition) is 2. The Morgan fingerprint density at radius 1 is 1.26 bits per heavy atom. The van der Waals surface area contributed by atoms with Gasteiger partial charge in [0.15, 0.2) is 0 Å². The molecule has 1 aromatic carbocycles. The highest BCUT2D eigenvalue weighted by Crippen LogP contribution is 2.31. The summed E-state index contributed by atoms with van der Waals surface area (Å²) in [5.41, 5.74) is 2.84. The molecule has 120 valence electrons. The second-order valence-corrected chi connectivity index (χ2v) is 5.83. The Morgan fingerprint density at radius 2 is 2.13 bits per heavy atom. The van der Waals surface area contributed by atoms with Gasteiger partial charge in [0.25, 0.3) is 0 Å². The van der Waals surface area contributed by atoms with E-state index in [1.165, 1.54) is 12.1 Å². The summed E-state index contributed by atoms with van der Waals surface area (Å²) in [7, 11) is 0. The number of fused-ring (bicyclic) bond motifs is 4. The van der Waals surface area contributed by atoms with Crippen molar-refractivity contribution in [2.75, 3.05) is 5.32 Å². The normalized spacial score (nSPS) is 18.3. The number of carbonyl (C=O) groups excluding carboxylic acids is 1. The number of hydrogen-bond acceptors (Lipinski definition) is 3. The Balaban J connectivity index is 2.11. The van der Waals surface area contributed by atoms with Crippen LogP contribution in [-0.4, -0.2) is 10.9 Å². The molecule has 1 aliphatic heterocycles. The minimum atomic E-state index is -0.351. The van der Waals surface area contributed by atoms with Crippen molar-refractivity contribution in [2.45, 2.75) is 31.7 Å². The van der Waals surface area contributed by atoms with Crippen molar-refractivity contribution in [3.63, 3.8) is 0 Å². The molecule has 1 atom stereocenters. The van der Waals surface area contributed by atoms with E-state index in [0.717, 1.165) is 30.5 Å². The monoisotopic (exact) mass is 333 g/mol. The lowest BCUT2D eigenvalue weighted by Gasteiger charge is -2.18. The maximum absolute atomic E-state index is 13.7. The van der Waals surface area contributed by atoms with Crippen LogP contribution in [0.15, 0.2) is 36.5 Å². The second-order valence-electron chi connectivity index (χ2n) is 5.61. The van der Waals surface area contributed by atoms with Gasteiger partial charge in [0, 0.05) is 23.9 Å². The average molecular weight is 334 g/mol. The van der Waals surface area contributed by atoms with E-state index < -0.39 is 0 Å². The molecule has 1 aliphatic rings. The Morgan fingerprint density at radius 3 is 2.96 bits per heavy atom. The third-order valence-electron chi connectivity index (χ3n) is 3.98. The van der Waals surface area contributed by atoms with Gasteiger partial charge in [0.2, 0.25) is 5.91 Å². The van der Waals surface area contributed by atoms with E-state index in [4.69, 9.17) is 11.8 Å².